The monoisotopic (exact) mass is 365 g/mol. The van der Waals surface area contributed by atoms with E-state index in [1.54, 1.807) is 0 Å². The molecule has 0 saturated heterocycles. The van der Waals surface area contributed by atoms with E-state index in [2.05, 4.69) is 12.2 Å². The van der Waals surface area contributed by atoms with Crippen LogP contribution in [0.25, 0.3) is 0 Å². The van der Waals surface area contributed by atoms with E-state index < -0.39 is 0 Å². The molecule has 2 rings (SSSR count). The summed E-state index contributed by atoms with van der Waals surface area (Å²) in [5.74, 6) is 0.438. The van der Waals surface area contributed by atoms with Gasteiger partial charge in [-0.25, -0.2) is 0 Å². The fraction of sp³-hybridized carbons (Fsp3) is 0.650. The zero-order chi connectivity index (χ0) is 18.8. The van der Waals surface area contributed by atoms with Crippen molar-refractivity contribution in [1.29, 1.82) is 0 Å². The summed E-state index contributed by atoms with van der Waals surface area (Å²) in [7, 11) is 0. The summed E-state index contributed by atoms with van der Waals surface area (Å²) in [6, 6.07) is 2.92. The number of aromatic nitrogens is 1. The van der Waals surface area contributed by atoms with Gasteiger partial charge in [-0.2, -0.15) is 0 Å². The van der Waals surface area contributed by atoms with E-state index in [0.717, 1.165) is 44.9 Å². The maximum atomic E-state index is 11.1. The van der Waals surface area contributed by atoms with Gasteiger partial charge in [-0.3, -0.25) is 9.36 Å². The first-order chi connectivity index (χ1) is 12.6. The molecule has 6 heteroatoms. The Morgan fingerprint density at radius 1 is 1.19 bits per heavy atom. The molecule has 1 heterocycles. The molecule has 1 fully saturated rings. The molecule has 1 saturated carbocycles. The van der Waals surface area contributed by atoms with E-state index in [0.29, 0.717) is 25.7 Å². The Morgan fingerprint density at radius 2 is 1.92 bits per heavy atom. The van der Waals surface area contributed by atoms with Gasteiger partial charge in [0, 0.05) is 25.7 Å². The van der Waals surface area contributed by atoms with E-state index in [4.69, 9.17) is 9.47 Å². The van der Waals surface area contributed by atoms with Crippen LogP contribution in [0.4, 0.5) is 0 Å². The number of nitrogens with zero attached hydrogens (tertiary/aromatic N) is 1. The topological polar surface area (TPSA) is 80.9 Å². The lowest BCUT2D eigenvalue weighted by atomic mass is 9.99. The minimum absolute atomic E-state index is 0.0484. The van der Waals surface area contributed by atoms with Crippen molar-refractivity contribution in [2.45, 2.75) is 64.5 Å². The molecule has 2 N–H and O–H groups in total. The van der Waals surface area contributed by atoms with Crippen molar-refractivity contribution < 1.29 is 24.5 Å². The van der Waals surface area contributed by atoms with Crippen LogP contribution in [0.15, 0.2) is 24.3 Å². The molecule has 146 valence electrons. The van der Waals surface area contributed by atoms with Crippen molar-refractivity contribution in [2.24, 2.45) is 5.92 Å². The molecule has 26 heavy (non-hydrogen) atoms. The van der Waals surface area contributed by atoms with Crippen LogP contribution in [-0.4, -0.2) is 40.1 Å². The molecule has 0 aromatic carbocycles. The molecular weight excluding hydrogens is 334 g/mol. The van der Waals surface area contributed by atoms with E-state index >= 15 is 0 Å². The largest absolute Gasteiger partial charge is 0.494 e. The average Bonchev–Trinajstić information content (AvgIpc) is 3.16. The molecule has 0 aliphatic heterocycles. The predicted octanol–water partition coefficient (Wildman–Crippen LogP) is 3.76. The van der Waals surface area contributed by atoms with Crippen LogP contribution in [0.5, 0.6) is 11.8 Å². The van der Waals surface area contributed by atoms with Crippen LogP contribution in [0.3, 0.4) is 0 Å². The summed E-state index contributed by atoms with van der Waals surface area (Å²) in [5.41, 5.74) is 0. The second-order valence-electron chi connectivity index (χ2n) is 6.84. The standard InChI is InChI=1S/C20H31NO5/c1-16(22)26-18-10-7-9-17(18)8-5-3-2-4-6-14-25-15-13-21-19(23)11-12-20(21)24/h2-3,11-12,17-18,23-24H,4-10,13-15H2,1H3. The zero-order valence-electron chi connectivity index (χ0n) is 15.6. The van der Waals surface area contributed by atoms with Crippen LogP contribution in [0.1, 0.15) is 51.9 Å². The van der Waals surface area contributed by atoms with Crippen molar-refractivity contribution in [3.05, 3.63) is 24.3 Å². The minimum Gasteiger partial charge on any atom is -0.494 e. The number of allylic oxidation sites excluding steroid dienone is 2. The van der Waals surface area contributed by atoms with Crippen molar-refractivity contribution in [3.8, 4) is 11.8 Å². The van der Waals surface area contributed by atoms with Gasteiger partial charge in [0.05, 0.1) is 13.2 Å². The van der Waals surface area contributed by atoms with E-state index in [-0.39, 0.29) is 23.8 Å². The fourth-order valence-corrected chi connectivity index (χ4v) is 3.48. The van der Waals surface area contributed by atoms with E-state index in [1.807, 2.05) is 0 Å². The fourth-order valence-electron chi connectivity index (χ4n) is 3.48. The quantitative estimate of drug-likeness (QED) is 0.354. The Hall–Kier alpha value is -1.95. The van der Waals surface area contributed by atoms with Crippen molar-refractivity contribution >= 4 is 5.97 Å². The summed E-state index contributed by atoms with van der Waals surface area (Å²) in [6.45, 7) is 3.04. The molecule has 1 aromatic heterocycles. The van der Waals surface area contributed by atoms with Gasteiger partial charge in [-0.15, -0.1) is 0 Å². The first kappa shape index (κ1) is 20.4. The van der Waals surface area contributed by atoms with Crippen molar-refractivity contribution in [1.82, 2.24) is 4.57 Å². The summed E-state index contributed by atoms with van der Waals surface area (Å²) >= 11 is 0. The Kier molecular flexibility index (Phi) is 8.54. The number of aromatic hydroxyl groups is 2. The molecule has 0 amide bonds. The molecule has 1 aromatic rings. The summed E-state index contributed by atoms with van der Waals surface area (Å²) in [6.07, 6.45) is 11.8. The highest BCUT2D eigenvalue weighted by Crippen LogP contribution is 2.32. The molecule has 1 aliphatic carbocycles. The van der Waals surface area contributed by atoms with Gasteiger partial charge in [0.2, 0.25) is 0 Å². The van der Waals surface area contributed by atoms with Crippen LogP contribution >= 0.6 is 0 Å². The number of carbonyl (C=O) groups excluding carboxylic acids is 1. The number of hydrogen-bond donors (Lipinski definition) is 2. The number of hydrogen-bond acceptors (Lipinski definition) is 5. The average molecular weight is 365 g/mol. The van der Waals surface area contributed by atoms with Crippen molar-refractivity contribution in [2.75, 3.05) is 13.2 Å². The minimum atomic E-state index is -0.167. The van der Waals surface area contributed by atoms with Crippen LogP contribution in [-0.2, 0) is 20.8 Å². The third-order valence-electron chi connectivity index (χ3n) is 4.83. The van der Waals surface area contributed by atoms with Crippen molar-refractivity contribution in [3.63, 3.8) is 0 Å². The Morgan fingerprint density at radius 3 is 2.65 bits per heavy atom. The number of esters is 1. The van der Waals surface area contributed by atoms with E-state index in [9.17, 15) is 15.0 Å². The third kappa shape index (κ3) is 6.75. The maximum absolute atomic E-state index is 11.1. The lowest BCUT2D eigenvalue weighted by Gasteiger charge is -2.18. The second-order valence-corrected chi connectivity index (χ2v) is 6.84. The van der Waals surface area contributed by atoms with Crippen LogP contribution in [0.2, 0.25) is 0 Å². The summed E-state index contributed by atoms with van der Waals surface area (Å²) in [5, 5.41) is 19.0. The Balaban J connectivity index is 1.48. The SMILES string of the molecule is CC(=O)OC1CCCC1CCC=CCCCOCCn1c(O)ccc1O. The first-order valence-electron chi connectivity index (χ1n) is 9.55. The second kappa shape index (κ2) is 10.9. The van der Waals surface area contributed by atoms with Gasteiger partial charge in [-0.1, -0.05) is 12.2 Å². The van der Waals surface area contributed by atoms with Gasteiger partial charge in [0.25, 0.3) is 0 Å². The molecule has 0 bridgehead atoms. The number of ether oxygens (including phenoxy) is 2. The molecular formula is C20H31NO5. The smallest absolute Gasteiger partial charge is 0.302 e. The Labute approximate surface area is 155 Å². The van der Waals surface area contributed by atoms with Crippen LogP contribution < -0.4 is 0 Å². The van der Waals surface area contributed by atoms with Gasteiger partial charge in [0.15, 0.2) is 11.8 Å². The first-order valence-corrected chi connectivity index (χ1v) is 9.55. The Bertz CT molecular complexity index is 561. The lowest BCUT2D eigenvalue weighted by molar-refractivity contribution is -0.148. The highest BCUT2D eigenvalue weighted by atomic mass is 16.5. The lowest BCUT2D eigenvalue weighted by Crippen LogP contribution is -2.20. The highest BCUT2D eigenvalue weighted by Gasteiger charge is 2.28. The van der Waals surface area contributed by atoms with E-state index in [1.165, 1.54) is 23.6 Å². The van der Waals surface area contributed by atoms with Gasteiger partial charge >= 0.3 is 5.97 Å². The maximum Gasteiger partial charge on any atom is 0.302 e. The third-order valence-corrected chi connectivity index (χ3v) is 4.83. The van der Waals surface area contributed by atoms with Gasteiger partial charge < -0.3 is 19.7 Å². The summed E-state index contributed by atoms with van der Waals surface area (Å²) < 4.78 is 12.3. The number of rotatable bonds is 11. The molecule has 2 unspecified atom stereocenters. The molecule has 0 radical (unpaired) electrons. The van der Waals surface area contributed by atoms with Gasteiger partial charge in [-0.05, 0) is 50.9 Å². The molecule has 6 nitrogen and oxygen atoms in total. The molecule has 1 aliphatic rings. The zero-order valence-corrected chi connectivity index (χ0v) is 15.6. The normalized spacial score (nSPS) is 20.0. The highest BCUT2D eigenvalue weighted by molar-refractivity contribution is 5.66. The predicted molar refractivity (Wildman–Crippen MR) is 99.1 cm³/mol. The molecule has 2 atom stereocenters. The summed E-state index contributed by atoms with van der Waals surface area (Å²) in [4.78, 5) is 11.1. The number of carbonyl (C=O) groups is 1. The molecule has 0 spiro atoms. The van der Waals surface area contributed by atoms with Crippen LogP contribution in [0, 0.1) is 5.92 Å². The van der Waals surface area contributed by atoms with Gasteiger partial charge in [0.1, 0.15) is 6.10 Å². The number of unbranched alkanes of at least 4 members (excludes halogenated alkanes) is 1.